The maximum absolute atomic E-state index is 12.4. The van der Waals surface area contributed by atoms with Crippen molar-refractivity contribution in [1.82, 2.24) is 15.1 Å². The van der Waals surface area contributed by atoms with Gasteiger partial charge in [0.15, 0.2) is 0 Å². The van der Waals surface area contributed by atoms with Gasteiger partial charge in [-0.1, -0.05) is 54.5 Å². The first kappa shape index (κ1) is 14.6. The number of hydrogen-bond acceptors (Lipinski definition) is 2. The van der Waals surface area contributed by atoms with Gasteiger partial charge < -0.3 is 5.32 Å². The van der Waals surface area contributed by atoms with Crippen molar-refractivity contribution >= 4 is 5.91 Å². The minimum atomic E-state index is -0.232. The Morgan fingerprint density at radius 2 is 1.74 bits per heavy atom. The van der Waals surface area contributed by atoms with Crippen molar-refractivity contribution in [2.75, 3.05) is 6.54 Å². The van der Waals surface area contributed by atoms with Crippen molar-refractivity contribution in [3.63, 3.8) is 0 Å². The zero-order valence-electron chi connectivity index (χ0n) is 12.4. The first-order valence-electron chi connectivity index (χ1n) is 7.22. The van der Waals surface area contributed by atoms with Crippen LogP contribution in [0.1, 0.15) is 10.4 Å². The number of carbonyl (C=O) groups is 1. The van der Waals surface area contributed by atoms with Crippen molar-refractivity contribution in [3.8, 4) is 29.3 Å². The molecule has 1 aromatic heterocycles. The molecule has 0 aliphatic heterocycles. The van der Waals surface area contributed by atoms with E-state index in [1.807, 2.05) is 60.7 Å². The van der Waals surface area contributed by atoms with Gasteiger partial charge in [-0.25, -0.2) is 4.68 Å². The van der Waals surface area contributed by atoms with E-state index >= 15 is 0 Å². The quantitative estimate of drug-likeness (QED) is 0.753. The van der Waals surface area contributed by atoms with Crippen molar-refractivity contribution in [1.29, 1.82) is 0 Å². The fourth-order valence-electron chi connectivity index (χ4n) is 2.29. The molecular weight excluding hydrogens is 286 g/mol. The van der Waals surface area contributed by atoms with E-state index in [1.165, 1.54) is 0 Å². The monoisotopic (exact) mass is 301 g/mol. The van der Waals surface area contributed by atoms with E-state index in [0.717, 1.165) is 11.3 Å². The highest BCUT2D eigenvalue weighted by Gasteiger charge is 2.17. The second-order valence-electron chi connectivity index (χ2n) is 4.92. The van der Waals surface area contributed by atoms with Gasteiger partial charge >= 0.3 is 0 Å². The molecule has 0 radical (unpaired) electrons. The fraction of sp³-hybridized carbons (Fsp3) is 0.0526. The molecule has 112 valence electrons. The highest BCUT2D eigenvalue weighted by Crippen LogP contribution is 2.23. The number of benzene rings is 2. The number of terminal acetylenes is 1. The van der Waals surface area contributed by atoms with Gasteiger partial charge in [0.25, 0.3) is 5.91 Å². The lowest BCUT2D eigenvalue weighted by atomic mass is 10.1. The van der Waals surface area contributed by atoms with E-state index in [9.17, 15) is 4.79 Å². The molecule has 0 aliphatic carbocycles. The van der Waals surface area contributed by atoms with Crippen LogP contribution in [-0.2, 0) is 0 Å². The topological polar surface area (TPSA) is 46.9 Å². The highest BCUT2D eigenvalue weighted by atomic mass is 16.1. The van der Waals surface area contributed by atoms with Gasteiger partial charge in [0.1, 0.15) is 5.69 Å². The summed E-state index contributed by atoms with van der Waals surface area (Å²) in [6.07, 6.45) is 6.94. The lowest BCUT2D eigenvalue weighted by Gasteiger charge is -2.02. The maximum atomic E-state index is 12.4. The molecule has 3 rings (SSSR count). The van der Waals surface area contributed by atoms with Crippen LogP contribution < -0.4 is 5.32 Å². The molecule has 0 aliphatic rings. The Morgan fingerprint density at radius 1 is 1.09 bits per heavy atom. The van der Waals surface area contributed by atoms with Crippen molar-refractivity contribution in [3.05, 3.63) is 72.4 Å². The number of aromatic nitrogens is 2. The first-order valence-corrected chi connectivity index (χ1v) is 7.22. The van der Waals surface area contributed by atoms with Gasteiger partial charge in [0.2, 0.25) is 0 Å². The van der Waals surface area contributed by atoms with Crippen LogP contribution in [0, 0.1) is 12.3 Å². The van der Waals surface area contributed by atoms with E-state index in [2.05, 4.69) is 16.3 Å². The van der Waals surface area contributed by atoms with Crippen LogP contribution in [-0.4, -0.2) is 22.2 Å². The second kappa shape index (κ2) is 6.63. The maximum Gasteiger partial charge on any atom is 0.255 e. The molecule has 0 bridgehead atoms. The SMILES string of the molecule is C#CCNC(=O)c1cn(-c2ccccc2)nc1-c1ccccc1. The number of para-hydroxylation sites is 1. The van der Waals surface area contributed by atoms with E-state index in [0.29, 0.717) is 11.3 Å². The molecule has 0 unspecified atom stereocenters. The number of amides is 1. The third kappa shape index (κ3) is 3.14. The number of carbonyl (C=O) groups excluding carboxylic acids is 1. The average molecular weight is 301 g/mol. The molecule has 4 heteroatoms. The molecule has 0 fully saturated rings. The van der Waals surface area contributed by atoms with Gasteiger partial charge in [-0.3, -0.25) is 4.79 Å². The van der Waals surface area contributed by atoms with Crippen LogP contribution in [0.5, 0.6) is 0 Å². The molecule has 1 heterocycles. The molecule has 1 N–H and O–H groups in total. The summed E-state index contributed by atoms with van der Waals surface area (Å²) in [6, 6.07) is 19.3. The zero-order valence-corrected chi connectivity index (χ0v) is 12.4. The van der Waals surface area contributed by atoms with Crippen LogP contribution >= 0.6 is 0 Å². The average Bonchev–Trinajstić information content (AvgIpc) is 3.07. The number of hydrogen-bond donors (Lipinski definition) is 1. The summed E-state index contributed by atoms with van der Waals surface area (Å²) in [7, 11) is 0. The molecule has 0 saturated heterocycles. The number of nitrogens with zero attached hydrogens (tertiary/aromatic N) is 2. The van der Waals surface area contributed by atoms with Crippen LogP contribution in [0.4, 0.5) is 0 Å². The molecule has 3 aromatic rings. The van der Waals surface area contributed by atoms with Crippen molar-refractivity contribution < 1.29 is 4.79 Å². The second-order valence-corrected chi connectivity index (χ2v) is 4.92. The van der Waals surface area contributed by atoms with Crippen LogP contribution in [0.3, 0.4) is 0 Å². The summed E-state index contributed by atoms with van der Waals surface area (Å²) in [6.45, 7) is 0.184. The Balaban J connectivity index is 2.07. The van der Waals surface area contributed by atoms with Gasteiger partial charge in [-0.2, -0.15) is 5.10 Å². The summed E-state index contributed by atoms with van der Waals surface area (Å²) < 4.78 is 1.70. The normalized spacial score (nSPS) is 10.0. The Labute approximate surface area is 134 Å². The molecular formula is C19H15N3O. The number of rotatable bonds is 4. The van der Waals surface area contributed by atoms with E-state index in [4.69, 9.17) is 6.42 Å². The van der Waals surface area contributed by atoms with Gasteiger partial charge in [-0.15, -0.1) is 6.42 Å². The summed E-state index contributed by atoms with van der Waals surface area (Å²) in [5, 5.41) is 7.28. The molecule has 2 aromatic carbocycles. The Bertz CT molecular complexity index is 845. The van der Waals surface area contributed by atoms with Crippen LogP contribution in [0.2, 0.25) is 0 Å². The van der Waals surface area contributed by atoms with Crippen LogP contribution in [0.15, 0.2) is 66.9 Å². The largest absolute Gasteiger partial charge is 0.341 e. The fourth-order valence-corrected chi connectivity index (χ4v) is 2.29. The lowest BCUT2D eigenvalue weighted by Crippen LogP contribution is -2.23. The first-order chi connectivity index (χ1) is 11.3. The molecule has 4 nitrogen and oxygen atoms in total. The zero-order chi connectivity index (χ0) is 16.1. The minimum Gasteiger partial charge on any atom is -0.341 e. The summed E-state index contributed by atoms with van der Waals surface area (Å²) in [5.41, 5.74) is 2.90. The highest BCUT2D eigenvalue weighted by molar-refractivity contribution is 6.00. The predicted octanol–water partition coefficient (Wildman–Crippen LogP) is 2.90. The summed E-state index contributed by atoms with van der Waals surface area (Å²) in [4.78, 5) is 12.4. The minimum absolute atomic E-state index is 0.184. The van der Waals surface area contributed by atoms with Gasteiger partial charge in [0, 0.05) is 11.8 Å². The Kier molecular flexibility index (Phi) is 4.21. The Hall–Kier alpha value is -3.32. The summed E-state index contributed by atoms with van der Waals surface area (Å²) >= 11 is 0. The lowest BCUT2D eigenvalue weighted by molar-refractivity contribution is 0.0959. The standard InChI is InChI=1S/C19H15N3O/c1-2-13-20-19(23)17-14-22(16-11-7-4-8-12-16)21-18(17)15-9-5-3-6-10-15/h1,3-12,14H,13H2,(H,20,23). The van der Waals surface area contributed by atoms with Crippen molar-refractivity contribution in [2.24, 2.45) is 0 Å². The molecule has 1 amide bonds. The molecule has 0 atom stereocenters. The summed E-state index contributed by atoms with van der Waals surface area (Å²) in [5.74, 6) is 2.17. The van der Waals surface area contributed by atoms with E-state index < -0.39 is 0 Å². The third-order valence-corrected chi connectivity index (χ3v) is 3.38. The van der Waals surface area contributed by atoms with E-state index in [1.54, 1.807) is 10.9 Å². The van der Waals surface area contributed by atoms with Crippen LogP contribution in [0.25, 0.3) is 16.9 Å². The predicted molar refractivity (Wildman–Crippen MR) is 90.2 cm³/mol. The molecule has 23 heavy (non-hydrogen) atoms. The number of nitrogens with one attached hydrogen (secondary N) is 1. The smallest absolute Gasteiger partial charge is 0.255 e. The van der Waals surface area contributed by atoms with Gasteiger partial charge in [-0.05, 0) is 12.1 Å². The Morgan fingerprint density at radius 3 is 2.39 bits per heavy atom. The third-order valence-electron chi connectivity index (χ3n) is 3.38. The van der Waals surface area contributed by atoms with E-state index in [-0.39, 0.29) is 12.5 Å². The molecule has 0 saturated carbocycles. The van der Waals surface area contributed by atoms with Gasteiger partial charge in [0.05, 0.1) is 17.8 Å². The molecule has 0 spiro atoms. The van der Waals surface area contributed by atoms with Crippen molar-refractivity contribution in [2.45, 2.75) is 0 Å².